The molecule has 4 N–H and O–H groups in total. The number of primary amides is 1. The van der Waals surface area contributed by atoms with Crippen LogP contribution in [0.5, 0.6) is 0 Å². The maximum atomic E-state index is 11.7. The number of carbonyl (C=O) groups excluding carboxylic acids is 2. The number of hydrogen-bond donors (Lipinski definition) is 3. The fourth-order valence-electron chi connectivity index (χ4n) is 1.49. The zero-order valence-electron chi connectivity index (χ0n) is 8.95. The Kier molecular flexibility index (Phi) is 4.05. The highest BCUT2D eigenvalue weighted by molar-refractivity contribution is 5.87. The van der Waals surface area contributed by atoms with Crippen LogP contribution in [-0.4, -0.2) is 44.2 Å². The van der Waals surface area contributed by atoms with Crippen LogP contribution in [0.15, 0.2) is 0 Å². The fraction of sp³-hybridized carbons (Fsp3) is 0.778. The quantitative estimate of drug-likeness (QED) is 0.516. The molecule has 3 unspecified atom stereocenters. The molecule has 1 aliphatic rings. The molecule has 3 atom stereocenters. The van der Waals surface area contributed by atoms with Gasteiger partial charge in [-0.25, -0.2) is 0 Å². The van der Waals surface area contributed by atoms with Gasteiger partial charge in [0.2, 0.25) is 11.8 Å². The van der Waals surface area contributed by atoms with Crippen molar-refractivity contribution in [1.82, 2.24) is 10.6 Å². The third-order valence-electron chi connectivity index (χ3n) is 2.57. The molecule has 0 radical (unpaired) electrons. The number of nitrogens with two attached hydrogens (primary N) is 1. The summed E-state index contributed by atoms with van der Waals surface area (Å²) in [5, 5.41) is 5.55. The van der Waals surface area contributed by atoms with Gasteiger partial charge in [-0.1, -0.05) is 0 Å². The lowest BCUT2D eigenvalue weighted by molar-refractivity contribution is -0.129. The lowest BCUT2D eigenvalue weighted by Gasteiger charge is -2.18. The van der Waals surface area contributed by atoms with Gasteiger partial charge in [-0.2, -0.15) is 0 Å². The van der Waals surface area contributed by atoms with Crippen molar-refractivity contribution in [3.8, 4) is 0 Å². The van der Waals surface area contributed by atoms with E-state index in [1.54, 1.807) is 14.0 Å². The maximum Gasteiger partial charge on any atom is 0.239 e. The number of ether oxygens (including phenoxy) is 1. The average Bonchev–Trinajstić information content (AvgIpc) is 2.64. The van der Waals surface area contributed by atoms with Gasteiger partial charge in [0.05, 0.1) is 19.1 Å². The molecule has 0 aromatic rings. The summed E-state index contributed by atoms with van der Waals surface area (Å²) in [5.74, 6) is -0.988. The zero-order valence-corrected chi connectivity index (χ0v) is 8.95. The summed E-state index contributed by atoms with van der Waals surface area (Å²) in [5.41, 5.74) is 5.05. The molecular formula is C9H17N3O3. The molecule has 0 aromatic carbocycles. The van der Waals surface area contributed by atoms with E-state index in [1.165, 1.54) is 0 Å². The van der Waals surface area contributed by atoms with Crippen molar-refractivity contribution < 1.29 is 14.3 Å². The molecule has 2 amide bonds. The van der Waals surface area contributed by atoms with Gasteiger partial charge < -0.3 is 21.1 Å². The van der Waals surface area contributed by atoms with E-state index in [4.69, 9.17) is 10.5 Å². The Labute approximate surface area is 88.5 Å². The third-order valence-corrected chi connectivity index (χ3v) is 2.57. The van der Waals surface area contributed by atoms with Crippen molar-refractivity contribution in [1.29, 1.82) is 0 Å². The summed E-state index contributed by atoms with van der Waals surface area (Å²) in [6, 6.07) is -0.638. The Bertz CT molecular complexity index is 257. The van der Waals surface area contributed by atoms with E-state index in [-0.39, 0.29) is 17.9 Å². The monoisotopic (exact) mass is 215 g/mol. The summed E-state index contributed by atoms with van der Waals surface area (Å²) in [6.07, 6.45) is 0. The van der Waals surface area contributed by atoms with Crippen molar-refractivity contribution in [2.75, 3.05) is 20.3 Å². The first-order chi connectivity index (χ1) is 7.06. The number of amides is 2. The minimum Gasteiger partial charge on any atom is -0.379 e. The topological polar surface area (TPSA) is 93.4 Å². The molecular weight excluding hydrogens is 198 g/mol. The Morgan fingerprint density at radius 3 is 2.67 bits per heavy atom. The molecule has 15 heavy (non-hydrogen) atoms. The molecule has 1 saturated heterocycles. The van der Waals surface area contributed by atoms with Crippen LogP contribution in [0.3, 0.4) is 0 Å². The highest BCUT2D eigenvalue weighted by atomic mass is 16.5. The molecule has 0 spiro atoms. The zero-order chi connectivity index (χ0) is 11.4. The molecule has 0 aliphatic carbocycles. The molecule has 86 valence electrons. The van der Waals surface area contributed by atoms with Crippen molar-refractivity contribution >= 4 is 11.8 Å². The molecule has 1 aliphatic heterocycles. The SMILES string of the molecule is CNC1COCC1C(=O)NC(C)C(N)=O. The number of nitrogens with one attached hydrogen (secondary N) is 2. The van der Waals surface area contributed by atoms with Crippen LogP contribution in [-0.2, 0) is 14.3 Å². The average molecular weight is 215 g/mol. The highest BCUT2D eigenvalue weighted by Crippen LogP contribution is 2.13. The first-order valence-electron chi connectivity index (χ1n) is 4.91. The second-order valence-corrected chi connectivity index (χ2v) is 3.67. The molecule has 6 heteroatoms. The van der Waals surface area contributed by atoms with Gasteiger partial charge in [0.1, 0.15) is 6.04 Å². The predicted molar refractivity (Wildman–Crippen MR) is 54.0 cm³/mol. The van der Waals surface area contributed by atoms with Crippen LogP contribution in [0.1, 0.15) is 6.92 Å². The summed E-state index contributed by atoms with van der Waals surface area (Å²) in [6.45, 7) is 2.45. The second kappa shape index (κ2) is 5.09. The molecule has 6 nitrogen and oxygen atoms in total. The summed E-state index contributed by atoms with van der Waals surface area (Å²) in [4.78, 5) is 22.5. The van der Waals surface area contributed by atoms with Crippen LogP contribution < -0.4 is 16.4 Å². The van der Waals surface area contributed by atoms with E-state index in [0.717, 1.165) is 0 Å². The summed E-state index contributed by atoms with van der Waals surface area (Å²) >= 11 is 0. The van der Waals surface area contributed by atoms with Crippen molar-refractivity contribution in [2.45, 2.75) is 19.0 Å². The largest absolute Gasteiger partial charge is 0.379 e. The van der Waals surface area contributed by atoms with E-state index in [2.05, 4.69) is 10.6 Å². The van der Waals surface area contributed by atoms with E-state index in [9.17, 15) is 9.59 Å². The van der Waals surface area contributed by atoms with E-state index < -0.39 is 11.9 Å². The minimum atomic E-state index is -0.643. The van der Waals surface area contributed by atoms with Gasteiger partial charge in [-0.05, 0) is 14.0 Å². The lowest BCUT2D eigenvalue weighted by atomic mass is 10.0. The van der Waals surface area contributed by atoms with Crippen molar-refractivity contribution in [3.05, 3.63) is 0 Å². The maximum absolute atomic E-state index is 11.7. The molecule has 0 aromatic heterocycles. The summed E-state index contributed by atoms with van der Waals surface area (Å²) < 4.78 is 5.18. The van der Waals surface area contributed by atoms with Crippen LogP contribution in [0.25, 0.3) is 0 Å². The molecule has 1 heterocycles. The van der Waals surface area contributed by atoms with E-state index in [1.807, 2.05) is 0 Å². The fourth-order valence-corrected chi connectivity index (χ4v) is 1.49. The number of rotatable bonds is 4. The van der Waals surface area contributed by atoms with E-state index >= 15 is 0 Å². The number of carbonyl (C=O) groups is 2. The smallest absolute Gasteiger partial charge is 0.239 e. The normalized spacial score (nSPS) is 27.3. The first kappa shape index (κ1) is 11.9. The Morgan fingerprint density at radius 2 is 2.13 bits per heavy atom. The molecule has 0 saturated carbocycles. The number of hydrogen-bond acceptors (Lipinski definition) is 4. The van der Waals surface area contributed by atoms with Crippen LogP contribution >= 0.6 is 0 Å². The van der Waals surface area contributed by atoms with Gasteiger partial charge >= 0.3 is 0 Å². The second-order valence-electron chi connectivity index (χ2n) is 3.67. The molecule has 1 fully saturated rings. The van der Waals surface area contributed by atoms with Gasteiger partial charge in [0.25, 0.3) is 0 Å². The van der Waals surface area contributed by atoms with Crippen LogP contribution in [0.4, 0.5) is 0 Å². The first-order valence-corrected chi connectivity index (χ1v) is 4.91. The van der Waals surface area contributed by atoms with Gasteiger partial charge in [0.15, 0.2) is 0 Å². The van der Waals surface area contributed by atoms with E-state index in [0.29, 0.717) is 13.2 Å². The number of likely N-dealkylation sites (N-methyl/N-ethyl adjacent to an activating group) is 1. The van der Waals surface area contributed by atoms with Crippen molar-refractivity contribution in [3.63, 3.8) is 0 Å². The molecule has 1 rings (SSSR count). The molecule has 0 bridgehead atoms. The minimum absolute atomic E-state index is 0.00470. The van der Waals surface area contributed by atoms with Gasteiger partial charge in [0, 0.05) is 6.04 Å². The van der Waals surface area contributed by atoms with Crippen molar-refractivity contribution in [2.24, 2.45) is 11.7 Å². The predicted octanol–water partition coefficient (Wildman–Crippen LogP) is -1.79. The van der Waals surface area contributed by atoms with Crippen LogP contribution in [0.2, 0.25) is 0 Å². The standard InChI is InChI=1S/C9H17N3O3/c1-5(8(10)13)12-9(14)6-3-15-4-7(6)11-2/h5-7,11H,3-4H2,1-2H3,(H2,10,13)(H,12,14). The van der Waals surface area contributed by atoms with Gasteiger partial charge in [-0.3, -0.25) is 9.59 Å². The third kappa shape index (κ3) is 2.90. The summed E-state index contributed by atoms with van der Waals surface area (Å²) in [7, 11) is 1.77. The van der Waals surface area contributed by atoms with Crippen LogP contribution in [0, 0.1) is 5.92 Å². The lowest BCUT2D eigenvalue weighted by Crippen LogP contribution is -2.49. The Morgan fingerprint density at radius 1 is 1.47 bits per heavy atom. The Hall–Kier alpha value is -1.14. The highest BCUT2D eigenvalue weighted by Gasteiger charge is 2.33. The van der Waals surface area contributed by atoms with Gasteiger partial charge in [-0.15, -0.1) is 0 Å². The Balaban J connectivity index is 2.49.